The van der Waals surface area contributed by atoms with Crippen LogP contribution in [0.5, 0.6) is 5.75 Å². The summed E-state index contributed by atoms with van der Waals surface area (Å²) >= 11 is 5.56. The molecule has 26 heavy (non-hydrogen) atoms. The number of halogens is 4. The Morgan fingerprint density at radius 3 is 2.65 bits per heavy atom. The zero-order chi connectivity index (χ0) is 19.2. The molecule has 140 valence electrons. The molecule has 0 radical (unpaired) electrons. The highest BCUT2D eigenvalue weighted by Gasteiger charge is 2.33. The molecule has 2 rings (SSSR count). The fourth-order valence-electron chi connectivity index (χ4n) is 2.27. The van der Waals surface area contributed by atoms with Gasteiger partial charge in [-0.15, -0.1) is 0 Å². The van der Waals surface area contributed by atoms with Gasteiger partial charge in [0, 0.05) is 12.2 Å². The van der Waals surface area contributed by atoms with Crippen LogP contribution in [-0.2, 0) is 17.4 Å². The zero-order valence-corrected chi connectivity index (χ0v) is 14.7. The van der Waals surface area contributed by atoms with Crippen molar-refractivity contribution in [3.05, 3.63) is 58.6 Å². The Kier molecular flexibility index (Phi) is 6.74. The molecule has 0 fully saturated rings. The summed E-state index contributed by atoms with van der Waals surface area (Å²) in [5.74, 6) is 0.412. The molecule has 0 unspecified atom stereocenters. The zero-order valence-electron chi connectivity index (χ0n) is 14.0. The summed E-state index contributed by atoms with van der Waals surface area (Å²) in [4.78, 5) is 11.8. The number of methoxy groups -OCH3 is 1. The number of benzene rings is 2. The molecular formula is C18H18ClF3N2O2. The second-order valence-electron chi connectivity index (χ2n) is 5.50. The van der Waals surface area contributed by atoms with Gasteiger partial charge in [0.2, 0.25) is 5.91 Å². The summed E-state index contributed by atoms with van der Waals surface area (Å²) in [5, 5.41) is 4.98. The van der Waals surface area contributed by atoms with Crippen molar-refractivity contribution in [2.75, 3.05) is 25.5 Å². The van der Waals surface area contributed by atoms with E-state index in [0.29, 0.717) is 13.0 Å². The third kappa shape index (κ3) is 5.84. The van der Waals surface area contributed by atoms with Gasteiger partial charge < -0.3 is 15.4 Å². The van der Waals surface area contributed by atoms with E-state index in [4.69, 9.17) is 16.3 Å². The third-order valence-electron chi connectivity index (χ3n) is 3.59. The Balaban J connectivity index is 1.82. The minimum atomic E-state index is -4.55. The number of alkyl halides is 3. The van der Waals surface area contributed by atoms with E-state index in [-0.39, 0.29) is 23.2 Å². The maximum absolute atomic E-state index is 12.8. The van der Waals surface area contributed by atoms with Gasteiger partial charge in [0.25, 0.3) is 0 Å². The Bertz CT molecular complexity index is 766. The molecule has 0 aliphatic rings. The van der Waals surface area contributed by atoms with E-state index < -0.39 is 11.7 Å². The van der Waals surface area contributed by atoms with Crippen molar-refractivity contribution in [1.29, 1.82) is 0 Å². The predicted octanol–water partition coefficient (Wildman–Crippen LogP) is 4.14. The first kappa shape index (κ1) is 19.9. The van der Waals surface area contributed by atoms with Crippen LogP contribution in [0.2, 0.25) is 5.02 Å². The highest BCUT2D eigenvalue weighted by Crippen LogP contribution is 2.36. The quantitative estimate of drug-likeness (QED) is 0.752. The smallest absolute Gasteiger partial charge is 0.417 e. The van der Waals surface area contributed by atoms with Crippen LogP contribution in [0.3, 0.4) is 0 Å². The van der Waals surface area contributed by atoms with Crippen molar-refractivity contribution in [2.24, 2.45) is 0 Å². The van der Waals surface area contributed by atoms with E-state index >= 15 is 0 Å². The summed E-state index contributed by atoms with van der Waals surface area (Å²) in [7, 11) is 1.58. The van der Waals surface area contributed by atoms with Gasteiger partial charge in [0.1, 0.15) is 5.75 Å². The number of carbonyl (C=O) groups excluding carboxylic acids is 1. The van der Waals surface area contributed by atoms with Gasteiger partial charge in [0.05, 0.1) is 24.2 Å². The van der Waals surface area contributed by atoms with Crippen LogP contribution in [0.4, 0.5) is 18.9 Å². The number of ether oxygens (including phenoxy) is 1. The lowest BCUT2D eigenvalue weighted by atomic mass is 10.1. The molecule has 0 aliphatic carbocycles. The molecule has 2 N–H and O–H groups in total. The number of hydrogen-bond acceptors (Lipinski definition) is 3. The summed E-state index contributed by atoms with van der Waals surface area (Å²) in [6.45, 7) is 0.263. The molecule has 0 atom stereocenters. The number of nitrogens with one attached hydrogen (secondary N) is 2. The molecule has 8 heteroatoms. The molecule has 2 aromatic rings. The molecule has 0 aliphatic heterocycles. The Morgan fingerprint density at radius 1 is 1.19 bits per heavy atom. The number of amides is 1. The van der Waals surface area contributed by atoms with Crippen LogP contribution < -0.4 is 15.4 Å². The maximum atomic E-state index is 12.8. The minimum Gasteiger partial charge on any atom is -0.497 e. The van der Waals surface area contributed by atoms with E-state index in [1.165, 1.54) is 6.07 Å². The van der Waals surface area contributed by atoms with E-state index in [0.717, 1.165) is 23.4 Å². The third-order valence-corrected chi connectivity index (χ3v) is 3.92. The number of carbonyl (C=O) groups is 1. The monoisotopic (exact) mass is 386 g/mol. The van der Waals surface area contributed by atoms with Crippen LogP contribution >= 0.6 is 11.6 Å². The lowest BCUT2D eigenvalue weighted by Crippen LogP contribution is -2.31. The second kappa shape index (κ2) is 8.80. The fourth-order valence-corrected chi connectivity index (χ4v) is 2.50. The average Bonchev–Trinajstić information content (AvgIpc) is 2.60. The van der Waals surface area contributed by atoms with Gasteiger partial charge >= 0.3 is 6.18 Å². The molecule has 0 heterocycles. The highest BCUT2D eigenvalue weighted by molar-refractivity contribution is 6.31. The topological polar surface area (TPSA) is 50.4 Å². The van der Waals surface area contributed by atoms with E-state index in [9.17, 15) is 18.0 Å². The first-order valence-corrected chi connectivity index (χ1v) is 8.17. The Morgan fingerprint density at radius 2 is 1.96 bits per heavy atom. The number of hydrogen-bond donors (Lipinski definition) is 2. The van der Waals surface area contributed by atoms with Crippen LogP contribution in [0.25, 0.3) is 0 Å². The number of rotatable bonds is 7. The van der Waals surface area contributed by atoms with Gasteiger partial charge in [-0.1, -0.05) is 23.7 Å². The Labute approximate surface area is 154 Å². The summed E-state index contributed by atoms with van der Waals surface area (Å²) < 4.78 is 43.6. The molecule has 0 bridgehead atoms. The molecule has 2 aromatic carbocycles. The van der Waals surface area contributed by atoms with Crippen molar-refractivity contribution in [2.45, 2.75) is 12.6 Å². The fraction of sp³-hybridized carbons (Fsp3) is 0.278. The summed E-state index contributed by atoms with van der Waals surface area (Å²) in [5.41, 5.74) is 0.234. The van der Waals surface area contributed by atoms with Crippen molar-refractivity contribution in [3.63, 3.8) is 0 Å². The van der Waals surface area contributed by atoms with E-state index in [1.807, 2.05) is 24.3 Å². The maximum Gasteiger partial charge on any atom is 0.417 e. The molecule has 0 saturated heterocycles. The van der Waals surface area contributed by atoms with Crippen LogP contribution in [0.1, 0.15) is 11.1 Å². The first-order valence-electron chi connectivity index (χ1n) is 7.80. The summed E-state index contributed by atoms with van der Waals surface area (Å²) in [6, 6.07) is 10.9. The Hall–Kier alpha value is -2.41. The lowest BCUT2D eigenvalue weighted by Gasteiger charge is -2.12. The van der Waals surface area contributed by atoms with Crippen molar-refractivity contribution >= 4 is 23.2 Å². The van der Waals surface area contributed by atoms with Crippen LogP contribution in [-0.4, -0.2) is 26.1 Å². The van der Waals surface area contributed by atoms with Gasteiger partial charge in [-0.25, -0.2) is 0 Å². The molecule has 4 nitrogen and oxygen atoms in total. The van der Waals surface area contributed by atoms with Gasteiger partial charge in [-0.2, -0.15) is 13.2 Å². The highest BCUT2D eigenvalue weighted by atomic mass is 35.5. The molecular weight excluding hydrogens is 369 g/mol. The van der Waals surface area contributed by atoms with Gasteiger partial charge in [-0.3, -0.25) is 4.79 Å². The van der Waals surface area contributed by atoms with Gasteiger partial charge in [0.15, 0.2) is 0 Å². The second-order valence-corrected chi connectivity index (χ2v) is 5.90. The summed E-state index contributed by atoms with van der Waals surface area (Å²) in [6.07, 6.45) is -3.93. The molecule has 0 spiro atoms. The minimum absolute atomic E-state index is 0.142. The average molecular weight is 387 g/mol. The van der Waals surface area contributed by atoms with Crippen LogP contribution in [0.15, 0.2) is 42.5 Å². The standard InChI is InChI=1S/C18H18ClF3N2O2/c1-26-14-4-2-3-12(9-14)7-8-23-17(25)11-24-13-5-6-16(19)15(10-13)18(20,21)22/h2-6,9-10,24H,7-8,11H2,1H3,(H,23,25). The predicted molar refractivity (Wildman–Crippen MR) is 94.7 cm³/mol. The van der Waals surface area contributed by atoms with Gasteiger partial charge in [-0.05, 0) is 42.3 Å². The lowest BCUT2D eigenvalue weighted by molar-refractivity contribution is -0.137. The first-order chi connectivity index (χ1) is 12.3. The SMILES string of the molecule is COc1cccc(CCNC(=O)CNc2ccc(Cl)c(C(F)(F)F)c2)c1. The van der Waals surface area contributed by atoms with Crippen molar-refractivity contribution in [1.82, 2.24) is 5.32 Å². The van der Waals surface area contributed by atoms with Crippen molar-refractivity contribution in [3.8, 4) is 5.75 Å². The largest absolute Gasteiger partial charge is 0.497 e. The molecule has 0 aromatic heterocycles. The van der Waals surface area contributed by atoms with Crippen LogP contribution in [0, 0.1) is 0 Å². The van der Waals surface area contributed by atoms with E-state index in [1.54, 1.807) is 7.11 Å². The normalized spacial score (nSPS) is 11.1. The molecule has 1 amide bonds. The number of anilines is 1. The van der Waals surface area contributed by atoms with E-state index in [2.05, 4.69) is 10.6 Å². The molecule has 0 saturated carbocycles. The van der Waals surface area contributed by atoms with Crippen molar-refractivity contribution < 1.29 is 22.7 Å².